The van der Waals surface area contributed by atoms with Crippen molar-refractivity contribution < 1.29 is 9.59 Å². The van der Waals surface area contributed by atoms with Gasteiger partial charge in [-0.05, 0) is 54.8 Å². The Morgan fingerprint density at radius 3 is 2.42 bits per heavy atom. The van der Waals surface area contributed by atoms with Crippen molar-refractivity contribution in [2.75, 3.05) is 17.2 Å². The smallest absolute Gasteiger partial charge is 0.255 e. The summed E-state index contributed by atoms with van der Waals surface area (Å²) in [5.41, 5.74) is 3.04. The van der Waals surface area contributed by atoms with Crippen LogP contribution in [0, 0.1) is 11.8 Å². The summed E-state index contributed by atoms with van der Waals surface area (Å²) in [6.45, 7) is 5.79. The van der Waals surface area contributed by atoms with E-state index in [9.17, 15) is 9.59 Å². The molecular formula is C21H25N3O2. The predicted molar refractivity (Wildman–Crippen MR) is 104 cm³/mol. The van der Waals surface area contributed by atoms with Crippen LogP contribution in [0.25, 0.3) is 0 Å². The van der Waals surface area contributed by atoms with Crippen molar-refractivity contribution in [1.29, 1.82) is 0 Å². The predicted octanol–water partition coefficient (Wildman–Crippen LogP) is 3.64. The van der Waals surface area contributed by atoms with Crippen LogP contribution in [-0.4, -0.2) is 18.4 Å². The van der Waals surface area contributed by atoms with Crippen molar-refractivity contribution in [1.82, 2.24) is 5.32 Å². The first kappa shape index (κ1) is 18.1. The zero-order valence-corrected chi connectivity index (χ0v) is 15.2. The number of benzene rings is 2. The van der Waals surface area contributed by atoms with Gasteiger partial charge in [-0.1, -0.05) is 32.0 Å². The Labute approximate surface area is 154 Å². The molecule has 26 heavy (non-hydrogen) atoms. The van der Waals surface area contributed by atoms with Crippen molar-refractivity contribution in [3.63, 3.8) is 0 Å². The fourth-order valence-electron chi connectivity index (χ4n) is 2.89. The van der Waals surface area contributed by atoms with Crippen LogP contribution in [0.4, 0.5) is 11.4 Å². The zero-order chi connectivity index (χ0) is 18.5. The molecule has 2 aromatic rings. The topological polar surface area (TPSA) is 70.2 Å². The van der Waals surface area contributed by atoms with Gasteiger partial charge in [0.25, 0.3) is 5.91 Å². The average molecular weight is 351 g/mol. The molecule has 1 aliphatic rings. The third kappa shape index (κ3) is 4.70. The SMILES string of the molecule is CCNCc1cccc(NC(=O)c2cccc(NC(=O)C3CC3C)c2)c1. The molecule has 3 N–H and O–H groups in total. The molecule has 2 amide bonds. The van der Waals surface area contributed by atoms with Gasteiger partial charge in [-0.25, -0.2) is 0 Å². The Morgan fingerprint density at radius 2 is 1.73 bits per heavy atom. The van der Waals surface area contributed by atoms with Crippen LogP contribution in [0.5, 0.6) is 0 Å². The summed E-state index contributed by atoms with van der Waals surface area (Å²) >= 11 is 0. The molecule has 2 atom stereocenters. The number of anilines is 2. The largest absolute Gasteiger partial charge is 0.326 e. The van der Waals surface area contributed by atoms with Gasteiger partial charge in [-0.2, -0.15) is 0 Å². The van der Waals surface area contributed by atoms with Gasteiger partial charge < -0.3 is 16.0 Å². The van der Waals surface area contributed by atoms with Crippen LogP contribution in [0.15, 0.2) is 48.5 Å². The Morgan fingerprint density at radius 1 is 1.04 bits per heavy atom. The number of nitrogens with one attached hydrogen (secondary N) is 3. The quantitative estimate of drug-likeness (QED) is 0.713. The lowest BCUT2D eigenvalue weighted by Crippen LogP contribution is -2.16. The van der Waals surface area contributed by atoms with Gasteiger partial charge in [0.05, 0.1) is 0 Å². The summed E-state index contributed by atoms with van der Waals surface area (Å²) in [5.74, 6) is 0.399. The van der Waals surface area contributed by atoms with E-state index in [4.69, 9.17) is 0 Å². The zero-order valence-electron chi connectivity index (χ0n) is 15.2. The average Bonchev–Trinajstić information content (AvgIpc) is 3.37. The summed E-state index contributed by atoms with van der Waals surface area (Å²) in [6.07, 6.45) is 0.940. The van der Waals surface area contributed by atoms with E-state index in [1.165, 1.54) is 0 Å². The lowest BCUT2D eigenvalue weighted by Gasteiger charge is -2.10. The second-order valence-corrected chi connectivity index (χ2v) is 6.82. The third-order valence-corrected chi connectivity index (χ3v) is 4.60. The molecule has 5 nitrogen and oxygen atoms in total. The van der Waals surface area contributed by atoms with E-state index < -0.39 is 0 Å². The molecule has 2 aromatic carbocycles. The molecule has 0 aromatic heterocycles. The number of hydrogen-bond donors (Lipinski definition) is 3. The van der Waals surface area contributed by atoms with E-state index >= 15 is 0 Å². The summed E-state index contributed by atoms with van der Waals surface area (Å²) in [5, 5.41) is 9.08. The number of hydrogen-bond acceptors (Lipinski definition) is 3. The second kappa shape index (κ2) is 8.15. The molecule has 0 spiro atoms. The fraction of sp³-hybridized carbons (Fsp3) is 0.333. The fourth-order valence-corrected chi connectivity index (χ4v) is 2.89. The highest BCUT2D eigenvalue weighted by molar-refractivity contribution is 6.05. The van der Waals surface area contributed by atoms with Gasteiger partial charge in [0.15, 0.2) is 0 Å². The summed E-state index contributed by atoms with van der Waals surface area (Å²) in [4.78, 5) is 24.6. The van der Waals surface area contributed by atoms with Crippen molar-refractivity contribution in [3.8, 4) is 0 Å². The van der Waals surface area contributed by atoms with E-state index in [1.807, 2.05) is 24.3 Å². The van der Waals surface area contributed by atoms with E-state index in [1.54, 1.807) is 24.3 Å². The Hall–Kier alpha value is -2.66. The molecule has 0 heterocycles. The molecule has 136 valence electrons. The van der Waals surface area contributed by atoms with Crippen LogP contribution >= 0.6 is 0 Å². The molecule has 5 heteroatoms. The maximum Gasteiger partial charge on any atom is 0.255 e. The van der Waals surface area contributed by atoms with Gasteiger partial charge in [0.1, 0.15) is 0 Å². The Kier molecular flexibility index (Phi) is 5.68. The maximum absolute atomic E-state index is 12.5. The molecule has 0 aliphatic heterocycles. The molecule has 1 fully saturated rings. The molecule has 1 saturated carbocycles. The molecule has 3 rings (SSSR count). The van der Waals surface area contributed by atoms with Gasteiger partial charge in [-0.15, -0.1) is 0 Å². The number of carbonyl (C=O) groups is 2. The first-order valence-corrected chi connectivity index (χ1v) is 9.08. The van der Waals surface area contributed by atoms with Gasteiger partial charge in [0.2, 0.25) is 5.91 Å². The van der Waals surface area contributed by atoms with Crippen LogP contribution in [0.2, 0.25) is 0 Å². The lowest BCUT2D eigenvalue weighted by atomic mass is 10.1. The highest BCUT2D eigenvalue weighted by atomic mass is 16.2. The van der Waals surface area contributed by atoms with Crippen LogP contribution in [0.3, 0.4) is 0 Å². The van der Waals surface area contributed by atoms with E-state index in [0.717, 1.165) is 30.8 Å². The van der Waals surface area contributed by atoms with Gasteiger partial charge in [-0.3, -0.25) is 9.59 Å². The molecule has 1 aliphatic carbocycles. The maximum atomic E-state index is 12.5. The standard InChI is InChI=1S/C21H25N3O2/c1-3-22-13-15-6-4-8-17(11-15)23-20(25)16-7-5-9-18(12-16)24-21(26)19-10-14(19)2/h4-9,11-12,14,19,22H,3,10,13H2,1-2H3,(H,23,25)(H,24,26). The van der Waals surface area contributed by atoms with E-state index in [0.29, 0.717) is 17.2 Å². The van der Waals surface area contributed by atoms with E-state index in [2.05, 4.69) is 29.8 Å². The molecule has 0 saturated heterocycles. The number of carbonyl (C=O) groups excluding carboxylic acids is 2. The minimum absolute atomic E-state index is 0.0335. The second-order valence-electron chi connectivity index (χ2n) is 6.82. The first-order chi connectivity index (χ1) is 12.6. The highest BCUT2D eigenvalue weighted by Gasteiger charge is 2.39. The van der Waals surface area contributed by atoms with Crippen molar-refractivity contribution in [2.24, 2.45) is 11.8 Å². The number of amides is 2. The minimum atomic E-state index is -0.193. The van der Waals surface area contributed by atoms with Gasteiger partial charge in [0, 0.05) is 29.4 Å². The van der Waals surface area contributed by atoms with E-state index in [-0.39, 0.29) is 17.7 Å². The summed E-state index contributed by atoms with van der Waals surface area (Å²) in [7, 11) is 0. The number of rotatable bonds is 7. The van der Waals surface area contributed by atoms with Crippen LogP contribution in [0.1, 0.15) is 36.2 Å². The first-order valence-electron chi connectivity index (χ1n) is 9.08. The van der Waals surface area contributed by atoms with Crippen molar-refractivity contribution in [3.05, 3.63) is 59.7 Å². The molecule has 0 radical (unpaired) electrons. The molecule has 2 unspecified atom stereocenters. The van der Waals surface area contributed by atoms with Crippen molar-refractivity contribution in [2.45, 2.75) is 26.8 Å². The summed E-state index contributed by atoms with van der Waals surface area (Å²) in [6, 6.07) is 14.8. The van der Waals surface area contributed by atoms with Crippen LogP contribution in [-0.2, 0) is 11.3 Å². The van der Waals surface area contributed by atoms with Gasteiger partial charge >= 0.3 is 0 Å². The normalized spacial score (nSPS) is 18.2. The summed E-state index contributed by atoms with van der Waals surface area (Å²) < 4.78 is 0. The minimum Gasteiger partial charge on any atom is -0.326 e. The van der Waals surface area contributed by atoms with Crippen molar-refractivity contribution >= 4 is 23.2 Å². The Bertz CT molecular complexity index is 803. The molecule has 0 bridgehead atoms. The monoisotopic (exact) mass is 351 g/mol. The third-order valence-electron chi connectivity index (χ3n) is 4.60. The highest BCUT2D eigenvalue weighted by Crippen LogP contribution is 2.38. The lowest BCUT2D eigenvalue weighted by molar-refractivity contribution is -0.117. The van der Waals surface area contributed by atoms with Crippen LogP contribution < -0.4 is 16.0 Å². The molecular weight excluding hydrogens is 326 g/mol. The Balaban J connectivity index is 1.64.